The van der Waals surface area contributed by atoms with Gasteiger partial charge in [-0.15, -0.1) is 0 Å². The molecular formula is C20H25N3O3. The van der Waals surface area contributed by atoms with Gasteiger partial charge in [-0.2, -0.15) is 0 Å². The molecule has 0 bridgehead atoms. The van der Waals surface area contributed by atoms with E-state index < -0.39 is 0 Å². The number of ether oxygens (including phenoxy) is 2. The Bertz CT molecular complexity index is 716. The minimum atomic E-state index is -0.0837. The molecule has 1 aliphatic heterocycles. The maximum absolute atomic E-state index is 12.4. The molecule has 2 heterocycles. The van der Waals surface area contributed by atoms with Gasteiger partial charge in [0.25, 0.3) is 5.91 Å². The molecule has 0 spiro atoms. The third-order valence-corrected chi connectivity index (χ3v) is 4.48. The van der Waals surface area contributed by atoms with Crippen molar-refractivity contribution in [1.29, 1.82) is 0 Å². The molecule has 1 aromatic carbocycles. The van der Waals surface area contributed by atoms with Gasteiger partial charge in [-0.05, 0) is 43.9 Å². The summed E-state index contributed by atoms with van der Waals surface area (Å²) in [5.41, 5.74) is 2.24. The summed E-state index contributed by atoms with van der Waals surface area (Å²) in [6, 6.07) is 8.06. The molecular weight excluding hydrogens is 330 g/mol. The number of aryl methyl sites for hydroxylation is 2. The average Bonchev–Trinajstić information content (AvgIpc) is 2.68. The Balaban J connectivity index is 1.50. The van der Waals surface area contributed by atoms with Gasteiger partial charge in [0, 0.05) is 18.9 Å². The van der Waals surface area contributed by atoms with Crippen molar-refractivity contribution in [3.8, 4) is 11.8 Å². The Morgan fingerprint density at radius 1 is 1.23 bits per heavy atom. The topological polar surface area (TPSA) is 64.5 Å². The second-order valence-electron chi connectivity index (χ2n) is 6.55. The molecule has 1 aromatic heterocycles. The number of aromatic nitrogens is 2. The van der Waals surface area contributed by atoms with Crippen LogP contribution < -0.4 is 9.47 Å². The SMILES string of the molecule is CCc1cnc(OC2CCCN(C(=O)COc3ccc(C)cc3)C2)nc1. The van der Waals surface area contributed by atoms with Gasteiger partial charge < -0.3 is 14.4 Å². The fraction of sp³-hybridized carbons (Fsp3) is 0.450. The van der Waals surface area contributed by atoms with Crippen molar-refractivity contribution in [2.45, 2.75) is 39.2 Å². The van der Waals surface area contributed by atoms with Crippen LogP contribution >= 0.6 is 0 Å². The lowest BCUT2D eigenvalue weighted by atomic mass is 10.1. The number of piperidine rings is 1. The van der Waals surface area contributed by atoms with Gasteiger partial charge >= 0.3 is 6.01 Å². The van der Waals surface area contributed by atoms with Crippen molar-refractivity contribution >= 4 is 5.91 Å². The molecule has 1 saturated heterocycles. The standard InChI is InChI=1S/C20H25N3O3/c1-3-16-11-21-20(22-12-16)26-18-5-4-10-23(13-18)19(24)14-25-17-8-6-15(2)7-9-17/h6-9,11-12,18H,3-5,10,13-14H2,1-2H3. The molecule has 138 valence electrons. The van der Waals surface area contributed by atoms with Crippen LogP contribution in [-0.4, -0.2) is 46.6 Å². The van der Waals surface area contributed by atoms with Gasteiger partial charge in [0.2, 0.25) is 0 Å². The Morgan fingerprint density at radius 2 is 1.96 bits per heavy atom. The molecule has 1 unspecified atom stereocenters. The fourth-order valence-electron chi connectivity index (χ4n) is 2.87. The molecule has 0 radical (unpaired) electrons. The third-order valence-electron chi connectivity index (χ3n) is 4.48. The largest absolute Gasteiger partial charge is 0.484 e. The first kappa shape index (κ1) is 18.2. The lowest BCUT2D eigenvalue weighted by molar-refractivity contribution is -0.136. The van der Waals surface area contributed by atoms with Gasteiger partial charge in [-0.25, -0.2) is 9.97 Å². The number of hydrogen-bond acceptors (Lipinski definition) is 5. The molecule has 3 rings (SSSR count). The number of rotatable bonds is 6. The maximum atomic E-state index is 12.4. The number of carbonyl (C=O) groups excluding carboxylic acids is 1. The van der Waals surface area contributed by atoms with Crippen molar-refractivity contribution in [1.82, 2.24) is 14.9 Å². The first-order valence-corrected chi connectivity index (χ1v) is 9.09. The predicted octanol–water partition coefficient (Wildman–Crippen LogP) is 2.80. The summed E-state index contributed by atoms with van der Waals surface area (Å²) in [5.74, 6) is 0.680. The number of benzene rings is 1. The Labute approximate surface area is 154 Å². The van der Waals surface area contributed by atoms with Crippen LogP contribution in [0.25, 0.3) is 0 Å². The van der Waals surface area contributed by atoms with E-state index in [2.05, 4.69) is 16.9 Å². The Morgan fingerprint density at radius 3 is 2.65 bits per heavy atom. The van der Waals surface area contributed by atoms with Gasteiger partial charge in [0.15, 0.2) is 6.61 Å². The van der Waals surface area contributed by atoms with E-state index in [9.17, 15) is 4.79 Å². The summed E-state index contributed by atoms with van der Waals surface area (Å²) in [7, 11) is 0. The van der Waals surface area contributed by atoms with Gasteiger partial charge in [0.1, 0.15) is 11.9 Å². The molecule has 2 aromatic rings. The molecule has 1 aliphatic rings. The highest BCUT2D eigenvalue weighted by Crippen LogP contribution is 2.17. The van der Waals surface area contributed by atoms with Crippen molar-refractivity contribution in [2.24, 2.45) is 0 Å². The van der Waals surface area contributed by atoms with Crippen LogP contribution in [0.3, 0.4) is 0 Å². The zero-order valence-corrected chi connectivity index (χ0v) is 15.4. The number of hydrogen-bond donors (Lipinski definition) is 0. The third kappa shape index (κ3) is 4.94. The van der Waals surface area contributed by atoms with Crippen molar-refractivity contribution < 1.29 is 14.3 Å². The summed E-state index contributed by atoms with van der Waals surface area (Å²) in [6.07, 6.45) is 6.16. The summed E-state index contributed by atoms with van der Waals surface area (Å²) in [6.45, 7) is 5.38. The van der Waals surface area contributed by atoms with E-state index in [1.54, 1.807) is 17.3 Å². The van der Waals surface area contributed by atoms with Gasteiger partial charge in [-0.3, -0.25) is 4.79 Å². The molecule has 1 amide bonds. The maximum Gasteiger partial charge on any atom is 0.316 e. The van der Waals surface area contributed by atoms with Crippen LogP contribution in [0, 0.1) is 6.92 Å². The highest BCUT2D eigenvalue weighted by molar-refractivity contribution is 5.77. The molecule has 0 saturated carbocycles. The van der Waals surface area contributed by atoms with E-state index in [-0.39, 0.29) is 18.6 Å². The first-order chi connectivity index (χ1) is 12.6. The second-order valence-corrected chi connectivity index (χ2v) is 6.55. The van der Waals surface area contributed by atoms with Crippen molar-refractivity contribution in [2.75, 3.05) is 19.7 Å². The Kier molecular flexibility index (Phi) is 6.04. The Hall–Kier alpha value is -2.63. The quantitative estimate of drug-likeness (QED) is 0.797. The molecule has 1 atom stereocenters. The first-order valence-electron chi connectivity index (χ1n) is 9.09. The number of likely N-dealkylation sites (tertiary alicyclic amines) is 1. The smallest absolute Gasteiger partial charge is 0.316 e. The van der Waals surface area contributed by atoms with Gasteiger partial charge in [0.05, 0.1) is 6.54 Å². The van der Waals surface area contributed by atoms with E-state index in [4.69, 9.17) is 9.47 Å². The normalized spacial score (nSPS) is 17.0. The van der Waals surface area contributed by atoms with E-state index in [1.807, 2.05) is 31.2 Å². The highest BCUT2D eigenvalue weighted by Gasteiger charge is 2.25. The minimum Gasteiger partial charge on any atom is -0.484 e. The average molecular weight is 355 g/mol. The molecule has 26 heavy (non-hydrogen) atoms. The van der Waals surface area contributed by atoms with Crippen molar-refractivity contribution in [3.63, 3.8) is 0 Å². The van der Waals surface area contributed by atoms with E-state index in [0.29, 0.717) is 18.3 Å². The van der Waals surface area contributed by atoms with Crippen LogP contribution in [-0.2, 0) is 11.2 Å². The molecule has 1 fully saturated rings. The van der Waals surface area contributed by atoms with E-state index >= 15 is 0 Å². The fourth-order valence-corrected chi connectivity index (χ4v) is 2.87. The summed E-state index contributed by atoms with van der Waals surface area (Å²) in [4.78, 5) is 22.7. The second kappa shape index (κ2) is 8.65. The summed E-state index contributed by atoms with van der Waals surface area (Å²) >= 11 is 0. The van der Waals surface area contributed by atoms with Crippen LogP contribution in [0.15, 0.2) is 36.7 Å². The summed E-state index contributed by atoms with van der Waals surface area (Å²) < 4.78 is 11.5. The monoisotopic (exact) mass is 355 g/mol. The number of amides is 1. The summed E-state index contributed by atoms with van der Waals surface area (Å²) in [5, 5.41) is 0. The van der Waals surface area contributed by atoms with E-state index in [1.165, 1.54) is 0 Å². The molecule has 0 aliphatic carbocycles. The highest BCUT2D eigenvalue weighted by atomic mass is 16.5. The minimum absolute atomic E-state index is 0.0267. The number of nitrogens with zero attached hydrogens (tertiary/aromatic N) is 3. The van der Waals surface area contributed by atoms with Crippen LogP contribution in [0.1, 0.15) is 30.9 Å². The van der Waals surface area contributed by atoms with Crippen LogP contribution in [0.2, 0.25) is 0 Å². The lowest BCUT2D eigenvalue weighted by Gasteiger charge is -2.32. The zero-order valence-electron chi connectivity index (χ0n) is 15.4. The van der Waals surface area contributed by atoms with Gasteiger partial charge in [-0.1, -0.05) is 24.6 Å². The molecule has 0 N–H and O–H groups in total. The molecule has 6 heteroatoms. The lowest BCUT2D eigenvalue weighted by Crippen LogP contribution is -2.46. The van der Waals surface area contributed by atoms with Crippen molar-refractivity contribution in [3.05, 3.63) is 47.8 Å². The zero-order chi connectivity index (χ0) is 18.4. The molecule has 6 nitrogen and oxygen atoms in total. The number of carbonyl (C=O) groups is 1. The van der Waals surface area contributed by atoms with E-state index in [0.717, 1.165) is 36.9 Å². The van der Waals surface area contributed by atoms with Crippen LogP contribution in [0.4, 0.5) is 0 Å². The predicted molar refractivity (Wildman–Crippen MR) is 98.3 cm³/mol. The van der Waals surface area contributed by atoms with Crippen LogP contribution in [0.5, 0.6) is 11.8 Å².